The monoisotopic (exact) mass is 320 g/mol. The molecule has 0 saturated carbocycles. The highest BCUT2D eigenvalue weighted by molar-refractivity contribution is 7.22. The minimum Gasteiger partial charge on any atom is -0.355 e. The molecule has 0 radical (unpaired) electrons. The summed E-state index contributed by atoms with van der Waals surface area (Å²) in [6, 6.07) is 14.9. The molecule has 4 heterocycles. The maximum Gasteiger partial charge on any atom is 0.154 e. The summed E-state index contributed by atoms with van der Waals surface area (Å²) in [5.41, 5.74) is 1.97. The molecule has 3 aromatic heterocycles. The second-order valence-electron chi connectivity index (χ2n) is 5.95. The average Bonchev–Trinajstić information content (AvgIpc) is 3.32. The third kappa shape index (κ3) is 2.11. The van der Waals surface area contributed by atoms with Crippen molar-refractivity contribution < 1.29 is 0 Å². The van der Waals surface area contributed by atoms with Gasteiger partial charge in [0.15, 0.2) is 5.65 Å². The smallest absolute Gasteiger partial charge is 0.154 e. The van der Waals surface area contributed by atoms with Crippen molar-refractivity contribution in [1.82, 2.24) is 14.6 Å². The van der Waals surface area contributed by atoms with Crippen molar-refractivity contribution in [3.8, 4) is 10.6 Å². The molecule has 5 heteroatoms. The summed E-state index contributed by atoms with van der Waals surface area (Å²) in [7, 11) is 0. The van der Waals surface area contributed by atoms with Crippen molar-refractivity contribution in [3.63, 3.8) is 0 Å². The molecular weight excluding hydrogens is 304 g/mol. The number of fused-ring (bicyclic) bond motifs is 2. The molecule has 0 unspecified atom stereocenters. The molecule has 1 saturated heterocycles. The lowest BCUT2D eigenvalue weighted by Gasteiger charge is -2.16. The SMILES string of the molecule is c1ccc2sc(-c3cnc4ccc(N5CCCC5)nn34)cc2c1. The van der Waals surface area contributed by atoms with Gasteiger partial charge >= 0.3 is 0 Å². The van der Waals surface area contributed by atoms with Gasteiger partial charge in [-0.3, -0.25) is 0 Å². The van der Waals surface area contributed by atoms with E-state index in [0.717, 1.165) is 30.2 Å². The van der Waals surface area contributed by atoms with Crippen LogP contribution in [0.25, 0.3) is 26.3 Å². The maximum absolute atomic E-state index is 4.85. The Bertz CT molecular complexity index is 962. The Labute approximate surface area is 138 Å². The molecule has 0 aliphatic carbocycles. The molecule has 0 spiro atoms. The highest BCUT2D eigenvalue weighted by Crippen LogP contribution is 2.33. The summed E-state index contributed by atoms with van der Waals surface area (Å²) >= 11 is 1.79. The standard InChI is InChI=1S/C18H16N4S/c1-2-6-15-13(5-1)11-16(23-15)14-12-19-17-7-8-18(20-22(14)17)21-9-3-4-10-21/h1-2,5-8,11-12H,3-4,9-10H2. The van der Waals surface area contributed by atoms with Crippen LogP contribution in [0.3, 0.4) is 0 Å². The van der Waals surface area contributed by atoms with Crippen LogP contribution < -0.4 is 4.90 Å². The predicted molar refractivity (Wildman–Crippen MR) is 95.3 cm³/mol. The lowest BCUT2D eigenvalue weighted by Crippen LogP contribution is -2.19. The van der Waals surface area contributed by atoms with Crippen molar-refractivity contribution in [2.45, 2.75) is 12.8 Å². The lowest BCUT2D eigenvalue weighted by atomic mass is 10.2. The molecule has 1 fully saturated rings. The summed E-state index contributed by atoms with van der Waals surface area (Å²) in [5.74, 6) is 1.05. The first-order valence-electron chi connectivity index (χ1n) is 7.97. The van der Waals surface area contributed by atoms with E-state index in [9.17, 15) is 0 Å². The zero-order valence-electron chi connectivity index (χ0n) is 12.6. The van der Waals surface area contributed by atoms with E-state index in [-0.39, 0.29) is 0 Å². The summed E-state index contributed by atoms with van der Waals surface area (Å²) < 4.78 is 3.28. The van der Waals surface area contributed by atoms with Gasteiger partial charge in [0.05, 0.1) is 11.1 Å². The van der Waals surface area contributed by atoms with E-state index < -0.39 is 0 Å². The zero-order chi connectivity index (χ0) is 15.2. The Hall–Kier alpha value is -2.40. The average molecular weight is 320 g/mol. The van der Waals surface area contributed by atoms with Crippen molar-refractivity contribution in [1.29, 1.82) is 0 Å². The number of thiophene rings is 1. The molecule has 1 aromatic carbocycles. The van der Waals surface area contributed by atoms with Gasteiger partial charge in [-0.2, -0.15) is 0 Å². The third-order valence-electron chi connectivity index (χ3n) is 4.46. The largest absolute Gasteiger partial charge is 0.355 e. The van der Waals surface area contributed by atoms with E-state index in [1.54, 1.807) is 11.3 Å². The zero-order valence-corrected chi connectivity index (χ0v) is 13.5. The van der Waals surface area contributed by atoms with Crippen LogP contribution >= 0.6 is 11.3 Å². The van der Waals surface area contributed by atoms with Gasteiger partial charge in [0.2, 0.25) is 0 Å². The predicted octanol–water partition coefficient (Wildman–Crippen LogP) is 4.21. The van der Waals surface area contributed by atoms with E-state index in [0.29, 0.717) is 0 Å². The topological polar surface area (TPSA) is 33.4 Å². The van der Waals surface area contributed by atoms with Gasteiger partial charge in [-0.05, 0) is 42.5 Å². The molecular formula is C18H16N4S. The van der Waals surface area contributed by atoms with Crippen LogP contribution in [0.1, 0.15) is 12.8 Å². The van der Waals surface area contributed by atoms with E-state index in [4.69, 9.17) is 5.10 Å². The Morgan fingerprint density at radius 2 is 1.87 bits per heavy atom. The van der Waals surface area contributed by atoms with E-state index in [1.807, 2.05) is 10.7 Å². The summed E-state index contributed by atoms with van der Waals surface area (Å²) in [5, 5.41) is 6.13. The van der Waals surface area contributed by atoms with Gasteiger partial charge in [0, 0.05) is 17.8 Å². The maximum atomic E-state index is 4.85. The molecule has 1 aliphatic rings. The van der Waals surface area contributed by atoms with Crippen LogP contribution in [0, 0.1) is 0 Å². The molecule has 0 N–H and O–H groups in total. The van der Waals surface area contributed by atoms with Crippen molar-refractivity contribution in [3.05, 3.63) is 48.7 Å². The van der Waals surface area contributed by atoms with Crippen LogP contribution in [0.2, 0.25) is 0 Å². The number of nitrogens with zero attached hydrogens (tertiary/aromatic N) is 4. The fraction of sp³-hybridized carbons (Fsp3) is 0.222. The van der Waals surface area contributed by atoms with Crippen LogP contribution in [0.15, 0.2) is 48.7 Å². The number of anilines is 1. The Kier molecular flexibility index (Phi) is 2.88. The van der Waals surface area contributed by atoms with Crippen molar-refractivity contribution in [2.24, 2.45) is 0 Å². The number of aromatic nitrogens is 3. The number of rotatable bonds is 2. The molecule has 23 heavy (non-hydrogen) atoms. The Morgan fingerprint density at radius 3 is 2.74 bits per heavy atom. The number of benzene rings is 1. The first-order chi connectivity index (χ1) is 11.4. The van der Waals surface area contributed by atoms with Gasteiger partial charge in [-0.1, -0.05) is 18.2 Å². The van der Waals surface area contributed by atoms with Crippen LogP contribution in [-0.4, -0.2) is 27.7 Å². The fourth-order valence-electron chi connectivity index (χ4n) is 3.25. The number of hydrogen-bond acceptors (Lipinski definition) is 4. The molecule has 114 valence electrons. The van der Waals surface area contributed by atoms with Crippen molar-refractivity contribution >= 4 is 32.9 Å². The summed E-state index contributed by atoms with van der Waals surface area (Å²) in [4.78, 5) is 8.09. The highest BCUT2D eigenvalue weighted by atomic mass is 32.1. The summed E-state index contributed by atoms with van der Waals surface area (Å²) in [6.45, 7) is 2.21. The molecule has 0 amide bonds. The molecule has 0 bridgehead atoms. The molecule has 4 nitrogen and oxygen atoms in total. The minimum absolute atomic E-state index is 0.903. The second-order valence-corrected chi connectivity index (χ2v) is 7.03. The van der Waals surface area contributed by atoms with Crippen LogP contribution in [0.4, 0.5) is 5.82 Å². The lowest BCUT2D eigenvalue weighted by molar-refractivity contribution is 0.864. The van der Waals surface area contributed by atoms with Crippen LogP contribution in [0.5, 0.6) is 0 Å². The quantitative estimate of drug-likeness (QED) is 0.555. The van der Waals surface area contributed by atoms with Crippen LogP contribution in [-0.2, 0) is 0 Å². The van der Waals surface area contributed by atoms with Gasteiger partial charge in [-0.15, -0.1) is 16.4 Å². The normalized spacial score (nSPS) is 15.0. The third-order valence-corrected chi connectivity index (χ3v) is 5.59. The molecule has 4 aromatic rings. The van der Waals surface area contributed by atoms with E-state index >= 15 is 0 Å². The van der Waals surface area contributed by atoms with Crippen molar-refractivity contribution in [2.75, 3.05) is 18.0 Å². The summed E-state index contributed by atoms with van der Waals surface area (Å²) in [6.07, 6.45) is 4.44. The van der Waals surface area contributed by atoms with Gasteiger partial charge in [0.25, 0.3) is 0 Å². The first kappa shape index (κ1) is 13.1. The van der Waals surface area contributed by atoms with Gasteiger partial charge in [-0.25, -0.2) is 9.50 Å². The first-order valence-corrected chi connectivity index (χ1v) is 8.79. The number of hydrogen-bond donors (Lipinski definition) is 0. The molecule has 1 aliphatic heterocycles. The van der Waals surface area contributed by atoms with E-state index in [2.05, 4.69) is 52.3 Å². The van der Waals surface area contributed by atoms with E-state index in [1.165, 1.54) is 27.8 Å². The highest BCUT2D eigenvalue weighted by Gasteiger charge is 2.16. The fourth-order valence-corrected chi connectivity index (χ4v) is 4.31. The minimum atomic E-state index is 0.903. The van der Waals surface area contributed by atoms with Gasteiger partial charge < -0.3 is 4.90 Å². The molecule has 5 rings (SSSR count). The van der Waals surface area contributed by atoms with Gasteiger partial charge in [0.1, 0.15) is 11.5 Å². The Balaban J connectivity index is 1.66. The second kappa shape index (κ2) is 5.06. The Morgan fingerprint density at radius 1 is 1.00 bits per heavy atom. The molecule has 0 atom stereocenters. The number of imidazole rings is 1.